The van der Waals surface area contributed by atoms with Crippen LogP contribution in [0.15, 0.2) is 12.4 Å². The van der Waals surface area contributed by atoms with Crippen LogP contribution in [-0.2, 0) is 0 Å². The zero-order valence-electron chi connectivity index (χ0n) is 11.5. The molecule has 104 valence electrons. The van der Waals surface area contributed by atoms with E-state index in [2.05, 4.69) is 32.9 Å². The lowest BCUT2D eigenvalue weighted by atomic mass is 9.92. The first-order valence-electron chi connectivity index (χ1n) is 7.18. The number of nitrogens with zero attached hydrogens (tertiary/aromatic N) is 4. The summed E-state index contributed by atoms with van der Waals surface area (Å²) >= 11 is 0. The Morgan fingerprint density at radius 3 is 2.84 bits per heavy atom. The summed E-state index contributed by atoms with van der Waals surface area (Å²) in [4.78, 5) is 13.3. The Balaban J connectivity index is 1.72. The zero-order valence-corrected chi connectivity index (χ0v) is 11.5. The fourth-order valence-corrected chi connectivity index (χ4v) is 2.85. The molecule has 2 fully saturated rings. The van der Waals surface area contributed by atoms with Crippen molar-refractivity contribution in [3.63, 3.8) is 0 Å². The number of aliphatic hydroxyl groups excluding tert-OH is 1. The van der Waals surface area contributed by atoms with Gasteiger partial charge in [0.1, 0.15) is 18.0 Å². The SMILES string of the molecule is CN(c1cc(N2CCC(CO)C2)ncn1)C1CCC1. The summed E-state index contributed by atoms with van der Waals surface area (Å²) in [5, 5.41) is 9.22. The van der Waals surface area contributed by atoms with E-state index >= 15 is 0 Å². The van der Waals surface area contributed by atoms with Crippen LogP contribution < -0.4 is 9.80 Å². The average Bonchev–Trinajstić information content (AvgIpc) is 2.85. The number of aromatic nitrogens is 2. The quantitative estimate of drug-likeness (QED) is 0.886. The normalized spacial score (nSPS) is 23.5. The molecule has 19 heavy (non-hydrogen) atoms. The molecule has 1 N–H and O–H groups in total. The Hall–Kier alpha value is -1.36. The van der Waals surface area contributed by atoms with E-state index in [0.29, 0.717) is 12.0 Å². The lowest BCUT2D eigenvalue weighted by molar-refractivity contribution is 0.238. The van der Waals surface area contributed by atoms with Crippen LogP contribution in [-0.4, -0.2) is 47.9 Å². The molecule has 1 aliphatic carbocycles. The van der Waals surface area contributed by atoms with Crippen molar-refractivity contribution in [2.75, 3.05) is 36.5 Å². The van der Waals surface area contributed by atoms with E-state index in [9.17, 15) is 5.11 Å². The first-order chi connectivity index (χ1) is 9.28. The van der Waals surface area contributed by atoms with Crippen LogP contribution in [0.1, 0.15) is 25.7 Å². The maximum atomic E-state index is 9.22. The zero-order chi connectivity index (χ0) is 13.2. The second-order valence-electron chi connectivity index (χ2n) is 5.71. The standard InChI is InChI=1S/C14H22N4O/c1-17(12-3-2-4-12)13-7-14(16-10-15-13)18-6-5-11(8-18)9-19/h7,10-12,19H,2-6,8-9H2,1H3. The molecule has 0 spiro atoms. The van der Waals surface area contributed by atoms with Crippen molar-refractivity contribution in [2.24, 2.45) is 5.92 Å². The van der Waals surface area contributed by atoms with Gasteiger partial charge in [-0.25, -0.2) is 9.97 Å². The predicted molar refractivity (Wildman–Crippen MR) is 75.5 cm³/mol. The van der Waals surface area contributed by atoms with Gasteiger partial charge in [0.2, 0.25) is 0 Å². The summed E-state index contributed by atoms with van der Waals surface area (Å²) in [7, 11) is 2.12. The van der Waals surface area contributed by atoms with Crippen LogP contribution in [0.2, 0.25) is 0 Å². The summed E-state index contributed by atoms with van der Waals surface area (Å²) in [5.74, 6) is 2.40. The summed E-state index contributed by atoms with van der Waals surface area (Å²) < 4.78 is 0. The number of hydrogen-bond donors (Lipinski definition) is 1. The summed E-state index contributed by atoms with van der Waals surface area (Å²) in [6, 6.07) is 2.73. The van der Waals surface area contributed by atoms with Crippen LogP contribution in [0, 0.1) is 5.92 Å². The fraction of sp³-hybridized carbons (Fsp3) is 0.714. The Bertz CT molecular complexity index is 435. The van der Waals surface area contributed by atoms with Crippen molar-refractivity contribution in [1.29, 1.82) is 0 Å². The van der Waals surface area contributed by atoms with Gasteiger partial charge in [-0.05, 0) is 25.7 Å². The minimum absolute atomic E-state index is 0.274. The van der Waals surface area contributed by atoms with Crippen LogP contribution in [0.25, 0.3) is 0 Å². The molecule has 5 heteroatoms. The third-order valence-corrected chi connectivity index (χ3v) is 4.49. The van der Waals surface area contributed by atoms with Gasteiger partial charge in [-0.3, -0.25) is 0 Å². The lowest BCUT2D eigenvalue weighted by Crippen LogP contribution is -2.37. The lowest BCUT2D eigenvalue weighted by Gasteiger charge is -2.35. The maximum absolute atomic E-state index is 9.22. The Morgan fingerprint density at radius 2 is 2.21 bits per heavy atom. The number of hydrogen-bond acceptors (Lipinski definition) is 5. The molecule has 0 aromatic carbocycles. The molecular formula is C14H22N4O. The molecule has 2 aliphatic rings. The number of aliphatic hydroxyl groups is 1. The molecule has 1 aromatic heterocycles. The molecular weight excluding hydrogens is 240 g/mol. The number of rotatable bonds is 4. The van der Waals surface area contributed by atoms with Crippen molar-refractivity contribution >= 4 is 11.6 Å². The molecule has 1 aromatic rings. The van der Waals surface area contributed by atoms with Gasteiger partial charge >= 0.3 is 0 Å². The minimum Gasteiger partial charge on any atom is -0.396 e. The monoisotopic (exact) mass is 262 g/mol. The van der Waals surface area contributed by atoms with Crippen molar-refractivity contribution < 1.29 is 5.11 Å². The van der Waals surface area contributed by atoms with Gasteiger partial charge in [0.15, 0.2) is 0 Å². The topological polar surface area (TPSA) is 52.5 Å². The van der Waals surface area contributed by atoms with Crippen molar-refractivity contribution in [3.05, 3.63) is 12.4 Å². The van der Waals surface area contributed by atoms with Crippen molar-refractivity contribution in [2.45, 2.75) is 31.7 Å². The molecule has 1 saturated carbocycles. The molecule has 0 radical (unpaired) electrons. The highest BCUT2D eigenvalue weighted by molar-refractivity contribution is 5.51. The van der Waals surface area contributed by atoms with E-state index in [1.54, 1.807) is 6.33 Å². The van der Waals surface area contributed by atoms with Crippen LogP contribution >= 0.6 is 0 Å². The smallest absolute Gasteiger partial charge is 0.134 e. The third kappa shape index (κ3) is 2.52. The molecule has 2 heterocycles. The first-order valence-corrected chi connectivity index (χ1v) is 7.18. The van der Waals surface area contributed by atoms with E-state index in [0.717, 1.165) is 31.1 Å². The van der Waals surface area contributed by atoms with E-state index in [1.165, 1.54) is 19.3 Å². The highest BCUT2D eigenvalue weighted by atomic mass is 16.3. The molecule has 1 aliphatic heterocycles. The minimum atomic E-state index is 0.274. The molecule has 5 nitrogen and oxygen atoms in total. The van der Waals surface area contributed by atoms with Gasteiger partial charge in [0.25, 0.3) is 0 Å². The van der Waals surface area contributed by atoms with Crippen LogP contribution in [0.3, 0.4) is 0 Å². The average molecular weight is 262 g/mol. The molecule has 1 unspecified atom stereocenters. The van der Waals surface area contributed by atoms with Gasteiger partial charge in [-0.1, -0.05) is 0 Å². The van der Waals surface area contributed by atoms with Gasteiger partial charge in [-0.15, -0.1) is 0 Å². The second-order valence-corrected chi connectivity index (χ2v) is 5.71. The molecule has 0 amide bonds. The fourth-order valence-electron chi connectivity index (χ4n) is 2.85. The third-order valence-electron chi connectivity index (χ3n) is 4.49. The van der Waals surface area contributed by atoms with Crippen LogP contribution in [0.5, 0.6) is 0 Å². The van der Waals surface area contributed by atoms with E-state index in [4.69, 9.17) is 0 Å². The van der Waals surface area contributed by atoms with Gasteiger partial charge in [-0.2, -0.15) is 0 Å². The van der Waals surface area contributed by atoms with E-state index in [-0.39, 0.29) is 6.61 Å². The van der Waals surface area contributed by atoms with Gasteiger partial charge in [0, 0.05) is 44.8 Å². The summed E-state index contributed by atoms with van der Waals surface area (Å²) in [6.45, 7) is 2.16. The summed E-state index contributed by atoms with van der Waals surface area (Å²) in [6.07, 6.45) is 6.58. The van der Waals surface area contributed by atoms with Crippen molar-refractivity contribution in [3.8, 4) is 0 Å². The predicted octanol–water partition coefficient (Wildman–Crippen LogP) is 1.28. The van der Waals surface area contributed by atoms with Crippen molar-refractivity contribution in [1.82, 2.24) is 9.97 Å². The Morgan fingerprint density at radius 1 is 1.37 bits per heavy atom. The largest absolute Gasteiger partial charge is 0.396 e. The Kier molecular flexibility index (Phi) is 3.55. The molecule has 0 bridgehead atoms. The second kappa shape index (κ2) is 5.33. The molecule has 1 atom stereocenters. The highest BCUT2D eigenvalue weighted by Gasteiger charge is 2.25. The Labute approximate surface area is 114 Å². The van der Waals surface area contributed by atoms with Gasteiger partial charge < -0.3 is 14.9 Å². The summed E-state index contributed by atoms with van der Waals surface area (Å²) in [5.41, 5.74) is 0. The van der Waals surface area contributed by atoms with Crippen LogP contribution in [0.4, 0.5) is 11.6 Å². The van der Waals surface area contributed by atoms with Gasteiger partial charge in [0.05, 0.1) is 0 Å². The molecule has 1 saturated heterocycles. The van der Waals surface area contributed by atoms with E-state index in [1.807, 2.05) is 0 Å². The van der Waals surface area contributed by atoms with E-state index < -0.39 is 0 Å². The number of anilines is 2. The maximum Gasteiger partial charge on any atom is 0.134 e. The highest BCUT2D eigenvalue weighted by Crippen LogP contribution is 2.29. The first kappa shape index (κ1) is 12.7. The molecule has 3 rings (SSSR count).